The number of hydrogen-bond acceptors (Lipinski definition) is 3. The fraction of sp³-hybridized carbons (Fsp3) is 0.583. The number of nitrogens with zero attached hydrogens (tertiary/aromatic N) is 3. The Kier molecular flexibility index (Phi) is 6.18. The van der Waals surface area contributed by atoms with Gasteiger partial charge in [0.25, 0.3) is 5.91 Å². The van der Waals surface area contributed by atoms with E-state index in [2.05, 4.69) is 49.9 Å². The molecule has 0 saturated carbocycles. The highest BCUT2D eigenvalue weighted by atomic mass is 16.2. The Labute approximate surface area is 175 Å². The third kappa shape index (κ3) is 5.08. The number of amides is 1. The van der Waals surface area contributed by atoms with Crippen molar-refractivity contribution in [3.8, 4) is 5.69 Å². The standard InChI is InChI=1S/C24H36N4O/c1-7-8-15-27(21-16-23(3,4)26-24(5,6)17-21)22(29)19-9-11-20(12-10-19)28-18(2)13-14-25-28/h9-14,21,26H,7-8,15-17H2,1-6H3. The zero-order valence-corrected chi connectivity index (χ0v) is 18.8. The number of aryl methyl sites for hydroxylation is 1. The Bertz CT molecular complexity index is 819. The number of hydrogen-bond donors (Lipinski definition) is 1. The lowest BCUT2D eigenvalue weighted by atomic mass is 9.78. The molecule has 0 spiro atoms. The van der Waals surface area contributed by atoms with Crippen LogP contribution in [0.2, 0.25) is 0 Å². The molecule has 2 heterocycles. The first-order valence-corrected chi connectivity index (χ1v) is 10.8. The average Bonchev–Trinajstić information content (AvgIpc) is 3.05. The summed E-state index contributed by atoms with van der Waals surface area (Å²) in [4.78, 5) is 15.6. The summed E-state index contributed by atoms with van der Waals surface area (Å²) >= 11 is 0. The van der Waals surface area contributed by atoms with Crippen LogP contribution in [0.3, 0.4) is 0 Å². The second-order valence-corrected chi connectivity index (χ2v) is 9.74. The van der Waals surface area contributed by atoms with Crippen LogP contribution < -0.4 is 5.32 Å². The molecule has 1 amide bonds. The van der Waals surface area contributed by atoms with Crippen LogP contribution >= 0.6 is 0 Å². The molecule has 158 valence electrons. The highest BCUT2D eigenvalue weighted by molar-refractivity contribution is 5.94. The number of aromatic nitrogens is 2. The Morgan fingerprint density at radius 2 is 1.76 bits per heavy atom. The molecule has 2 aromatic rings. The maximum absolute atomic E-state index is 13.5. The molecule has 5 heteroatoms. The second-order valence-electron chi connectivity index (χ2n) is 9.74. The fourth-order valence-corrected chi connectivity index (χ4v) is 4.82. The van der Waals surface area contributed by atoms with Crippen molar-refractivity contribution in [3.05, 3.63) is 47.8 Å². The van der Waals surface area contributed by atoms with Crippen molar-refractivity contribution in [1.82, 2.24) is 20.0 Å². The van der Waals surface area contributed by atoms with Gasteiger partial charge in [-0.2, -0.15) is 5.10 Å². The van der Waals surface area contributed by atoms with Gasteiger partial charge in [0.1, 0.15) is 0 Å². The van der Waals surface area contributed by atoms with E-state index in [1.165, 1.54) is 0 Å². The third-order valence-corrected chi connectivity index (χ3v) is 5.81. The van der Waals surface area contributed by atoms with Crippen LogP contribution in [0.4, 0.5) is 0 Å². The predicted octanol–water partition coefficient (Wildman–Crippen LogP) is 4.73. The molecule has 1 aliphatic heterocycles. The van der Waals surface area contributed by atoms with Gasteiger partial charge in [-0.1, -0.05) is 13.3 Å². The molecule has 0 atom stereocenters. The first kappa shape index (κ1) is 21.6. The van der Waals surface area contributed by atoms with Gasteiger partial charge in [0, 0.05) is 41.1 Å². The lowest BCUT2D eigenvalue weighted by molar-refractivity contribution is 0.0441. The van der Waals surface area contributed by atoms with Crippen LogP contribution in [-0.4, -0.2) is 44.3 Å². The molecule has 3 rings (SSSR count). The summed E-state index contributed by atoms with van der Waals surface area (Å²) < 4.78 is 1.89. The average molecular weight is 397 g/mol. The molecule has 1 aromatic carbocycles. The topological polar surface area (TPSA) is 50.2 Å². The quantitative estimate of drug-likeness (QED) is 0.768. The van der Waals surface area contributed by atoms with Crippen molar-refractivity contribution in [1.29, 1.82) is 0 Å². The minimum Gasteiger partial charge on any atom is -0.336 e. The molecule has 1 saturated heterocycles. The molecule has 1 aliphatic rings. The number of unbranched alkanes of at least 4 members (excludes halogenated alkanes) is 1. The van der Waals surface area contributed by atoms with E-state index >= 15 is 0 Å². The van der Waals surface area contributed by atoms with Crippen molar-refractivity contribution >= 4 is 5.91 Å². The van der Waals surface area contributed by atoms with Crippen molar-refractivity contribution in [3.63, 3.8) is 0 Å². The van der Waals surface area contributed by atoms with E-state index < -0.39 is 0 Å². The number of piperidine rings is 1. The number of carbonyl (C=O) groups excluding carboxylic acids is 1. The van der Waals surface area contributed by atoms with E-state index in [0.29, 0.717) is 0 Å². The first-order chi connectivity index (χ1) is 13.6. The van der Waals surface area contributed by atoms with E-state index in [4.69, 9.17) is 0 Å². The van der Waals surface area contributed by atoms with Crippen LogP contribution in [-0.2, 0) is 0 Å². The van der Waals surface area contributed by atoms with E-state index in [-0.39, 0.29) is 23.0 Å². The minimum atomic E-state index is 0.0125. The largest absolute Gasteiger partial charge is 0.336 e. The minimum absolute atomic E-state index is 0.0125. The van der Waals surface area contributed by atoms with Gasteiger partial charge in [0.2, 0.25) is 0 Å². The highest BCUT2D eigenvalue weighted by Crippen LogP contribution is 2.32. The van der Waals surface area contributed by atoms with E-state index in [1.54, 1.807) is 6.20 Å². The molecule has 1 N–H and O–H groups in total. The maximum Gasteiger partial charge on any atom is 0.254 e. The van der Waals surface area contributed by atoms with Crippen molar-refractivity contribution in [2.45, 2.75) is 84.3 Å². The summed E-state index contributed by atoms with van der Waals surface area (Å²) in [5.74, 6) is 0.140. The van der Waals surface area contributed by atoms with Crippen LogP contribution in [0.1, 0.15) is 76.4 Å². The zero-order chi connectivity index (χ0) is 21.2. The van der Waals surface area contributed by atoms with Crippen molar-refractivity contribution < 1.29 is 4.79 Å². The predicted molar refractivity (Wildman–Crippen MR) is 119 cm³/mol. The van der Waals surface area contributed by atoms with Gasteiger partial charge < -0.3 is 10.2 Å². The lowest BCUT2D eigenvalue weighted by Gasteiger charge is -2.49. The van der Waals surface area contributed by atoms with Gasteiger partial charge in [-0.25, -0.2) is 4.68 Å². The Morgan fingerprint density at radius 1 is 1.14 bits per heavy atom. The van der Waals surface area contributed by atoms with E-state index in [1.807, 2.05) is 41.9 Å². The monoisotopic (exact) mass is 396 g/mol. The number of rotatable bonds is 6. The second kappa shape index (κ2) is 8.31. The first-order valence-electron chi connectivity index (χ1n) is 10.8. The van der Waals surface area contributed by atoms with Crippen LogP contribution in [0.15, 0.2) is 36.5 Å². The summed E-state index contributed by atoms with van der Waals surface area (Å²) in [5, 5.41) is 8.09. The van der Waals surface area contributed by atoms with E-state index in [0.717, 1.165) is 49.2 Å². The Balaban J connectivity index is 1.85. The molecule has 0 radical (unpaired) electrons. The van der Waals surface area contributed by atoms with Crippen LogP contribution in [0, 0.1) is 6.92 Å². The molecular formula is C24H36N4O. The maximum atomic E-state index is 13.5. The molecule has 0 bridgehead atoms. The molecule has 1 aromatic heterocycles. The Morgan fingerprint density at radius 3 is 2.28 bits per heavy atom. The Hall–Kier alpha value is -2.14. The molecular weight excluding hydrogens is 360 g/mol. The summed E-state index contributed by atoms with van der Waals surface area (Å²) in [6, 6.07) is 10.1. The van der Waals surface area contributed by atoms with Gasteiger partial charge in [-0.15, -0.1) is 0 Å². The smallest absolute Gasteiger partial charge is 0.254 e. The van der Waals surface area contributed by atoms with E-state index in [9.17, 15) is 4.79 Å². The van der Waals surface area contributed by atoms with Gasteiger partial charge in [0.05, 0.1) is 5.69 Å². The van der Waals surface area contributed by atoms with Gasteiger partial charge >= 0.3 is 0 Å². The zero-order valence-electron chi connectivity index (χ0n) is 18.8. The number of carbonyl (C=O) groups is 1. The highest BCUT2D eigenvalue weighted by Gasteiger charge is 2.41. The van der Waals surface area contributed by atoms with Gasteiger partial charge in [-0.3, -0.25) is 4.79 Å². The lowest BCUT2D eigenvalue weighted by Crippen LogP contribution is -2.62. The molecule has 29 heavy (non-hydrogen) atoms. The fourth-order valence-electron chi connectivity index (χ4n) is 4.82. The summed E-state index contributed by atoms with van der Waals surface area (Å²) in [7, 11) is 0. The third-order valence-electron chi connectivity index (χ3n) is 5.81. The molecule has 0 aliphatic carbocycles. The number of benzene rings is 1. The van der Waals surface area contributed by atoms with Crippen molar-refractivity contribution in [2.75, 3.05) is 6.54 Å². The van der Waals surface area contributed by atoms with Crippen LogP contribution in [0.25, 0.3) is 5.69 Å². The summed E-state index contributed by atoms with van der Waals surface area (Å²) in [6.45, 7) is 14.0. The van der Waals surface area contributed by atoms with Gasteiger partial charge in [0.15, 0.2) is 0 Å². The summed E-state index contributed by atoms with van der Waals surface area (Å²) in [6.07, 6.45) is 5.84. The normalized spacial score (nSPS) is 18.6. The number of nitrogens with one attached hydrogen (secondary N) is 1. The van der Waals surface area contributed by atoms with Crippen LogP contribution in [0.5, 0.6) is 0 Å². The molecule has 0 unspecified atom stereocenters. The summed E-state index contributed by atoms with van der Waals surface area (Å²) in [5.41, 5.74) is 2.84. The molecule has 1 fully saturated rings. The van der Waals surface area contributed by atoms with Crippen molar-refractivity contribution in [2.24, 2.45) is 0 Å². The SMILES string of the molecule is CCCCN(C(=O)c1ccc(-n2nccc2C)cc1)C1CC(C)(C)NC(C)(C)C1. The van der Waals surface area contributed by atoms with Gasteiger partial charge in [-0.05, 0) is 84.2 Å². The molecule has 5 nitrogen and oxygen atoms in total.